The molecule has 1 aromatic carbocycles. The monoisotopic (exact) mass is 371 g/mol. The van der Waals surface area contributed by atoms with Crippen LogP contribution in [0.1, 0.15) is 34.8 Å². The third-order valence-corrected chi connectivity index (χ3v) is 5.60. The third kappa shape index (κ3) is 4.59. The Morgan fingerprint density at radius 3 is 2.83 bits per heavy atom. The highest BCUT2D eigenvalue weighted by atomic mass is 32.2. The predicted molar refractivity (Wildman–Crippen MR) is 90.2 cm³/mol. The van der Waals surface area contributed by atoms with E-state index in [2.05, 4.69) is 15.0 Å². The maximum Gasteiger partial charge on any atom is 0.251 e. The van der Waals surface area contributed by atoms with Crippen LogP contribution in [0.4, 0.5) is 4.39 Å². The van der Waals surface area contributed by atoms with Gasteiger partial charge in [-0.3, -0.25) is 4.79 Å². The average molecular weight is 371 g/mol. The smallest absolute Gasteiger partial charge is 0.251 e. The standard InChI is InChI=1S/C15H18FN3O3S2/c1-2-13(15-18-8-9-23-15)19-24(21,22)12-5-3-4-11(10-12)14(20)17-7-6-16/h3-5,8-10,13,19H,2,6-7H2,1H3,(H,17,20)/t13-/m0/s1. The van der Waals surface area contributed by atoms with Crippen LogP contribution in [0.25, 0.3) is 0 Å². The fraction of sp³-hybridized carbons (Fsp3) is 0.333. The number of hydrogen-bond acceptors (Lipinski definition) is 5. The lowest BCUT2D eigenvalue weighted by Crippen LogP contribution is -2.29. The van der Waals surface area contributed by atoms with Crippen molar-refractivity contribution in [2.75, 3.05) is 13.2 Å². The van der Waals surface area contributed by atoms with Crippen LogP contribution >= 0.6 is 11.3 Å². The summed E-state index contributed by atoms with van der Waals surface area (Å²) in [5.41, 5.74) is 0.161. The normalized spacial score (nSPS) is 12.8. The molecule has 1 heterocycles. The molecule has 1 aromatic heterocycles. The van der Waals surface area contributed by atoms with E-state index in [0.29, 0.717) is 11.4 Å². The number of thiazole rings is 1. The van der Waals surface area contributed by atoms with Crippen LogP contribution in [0, 0.1) is 0 Å². The summed E-state index contributed by atoms with van der Waals surface area (Å²) in [5.74, 6) is -0.517. The number of benzene rings is 1. The van der Waals surface area contributed by atoms with Crippen molar-refractivity contribution in [3.8, 4) is 0 Å². The molecule has 0 spiro atoms. The van der Waals surface area contributed by atoms with E-state index in [9.17, 15) is 17.6 Å². The molecular weight excluding hydrogens is 353 g/mol. The minimum Gasteiger partial charge on any atom is -0.349 e. The number of aromatic nitrogens is 1. The lowest BCUT2D eigenvalue weighted by Gasteiger charge is -2.15. The first kappa shape index (κ1) is 18.5. The molecule has 2 aromatic rings. The largest absolute Gasteiger partial charge is 0.349 e. The zero-order valence-corrected chi connectivity index (χ0v) is 14.7. The van der Waals surface area contributed by atoms with Gasteiger partial charge in [-0.25, -0.2) is 22.5 Å². The lowest BCUT2D eigenvalue weighted by molar-refractivity contribution is 0.0950. The number of halogens is 1. The van der Waals surface area contributed by atoms with Crippen LogP contribution in [0.2, 0.25) is 0 Å². The Bertz CT molecular complexity index is 779. The van der Waals surface area contributed by atoms with Gasteiger partial charge in [0, 0.05) is 23.7 Å². The summed E-state index contributed by atoms with van der Waals surface area (Å²) in [4.78, 5) is 16.0. The summed E-state index contributed by atoms with van der Waals surface area (Å²) >= 11 is 1.37. The van der Waals surface area contributed by atoms with Crippen molar-refractivity contribution in [2.24, 2.45) is 0 Å². The molecular formula is C15H18FN3O3S2. The molecule has 0 aliphatic heterocycles. The highest BCUT2D eigenvalue weighted by Gasteiger charge is 2.22. The van der Waals surface area contributed by atoms with Crippen molar-refractivity contribution in [2.45, 2.75) is 24.3 Å². The van der Waals surface area contributed by atoms with Gasteiger partial charge in [0.1, 0.15) is 11.7 Å². The summed E-state index contributed by atoms with van der Waals surface area (Å²) in [6, 6.07) is 5.19. The molecule has 9 heteroatoms. The molecule has 0 aliphatic carbocycles. The zero-order valence-electron chi connectivity index (χ0n) is 13.0. The van der Waals surface area contributed by atoms with E-state index in [1.165, 1.54) is 35.6 Å². The topological polar surface area (TPSA) is 88.2 Å². The van der Waals surface area contributed by atoms with Crippen LogP contribution < -0.4 is 10.0 Å². The second kappa shape index (κ2) is 8.32. The molecule has 1 amide bonds. The van der Waals surface area contributed by atoms with Crippen LogP contribution in [0.5, 0.6) is 0 Å². The Morgan fingerprint density at radius 2 is 2.21 bits per heavy atom. The summed E-state index contributed by atoms with van der Waals surface area (Å²) in [7, 11) is -3.81. The van der Waals surface area contributed by atoms with Crippen LogP contribution in [0.15, 0.2) is 40.7 Å². The van der Waals surface area contributed by atoms with Gasteiger partial charge in [0.15, 0.2) is 0 Å². The number of sulfonamides is 1. The highest BCUT2D eigenvalue weighted by Crippen LogP contribution is 2.22. The maximum absolute atomic E-state index is 12.6. The van der Waals surface area contributed by atoms with Gasteiger partial charge in [-0.1, -0.05) is 13.0 Å². The van der Waals surface area contributed by atoms with E-state index in [0.717, 1.165) is 0 Å². The van der Waals surface area contributed by atoms with Gasteiger partial charge in [-0.05, 0) is 24.6 Å². The van der Waals surface area contributed by atoms with Crippen LogP contribution in [-0.4, -0.2) is 32.5 Å². The second-order valence-corrected chi connectivity index (χ2v) is 7.57. The Kier molecular flexibility index (Phi) is 6.41. The fourth-order valence-corrected chi connectivity index (χ4v) is 4.21. The molecule has 0 aliphatic rings. The zero-order chi connectivity index (χ0) is 17.6. The molecule has 6 nitrogen and oxygen atoms in total. The molecule has 0 bridgehead atoms. The summed E-state index contributed by atoms with van der Waals surface area (Å²) in [5, 5.41) is 4.82. The van der Waals surface area contributed by atoms with Crippen LogP contribution in [0.3, 0.4) is 0 Å². The SMILES string of the molecule is CC[C@H](NS(=O)(=O)c1cccc(C(=O)NCCF)c1)c1nccs1. The minimum atomic E-state index is -3.81. The molecule has 2 N–H and O–H groups in total. The van der Waals surface area contributed by atoms with E-state index in [1.54, 1.807) is 11.6 Å². The van der Waals surface area contributed by atoms with E-state index < -0.39 is 28.6 Å². The van der Waals surface area contributed by atoms with Gasteiger partial charge in [0.25, 0.3) is 5.91 Å². The maximum atomic E-state index is 12.6. The molecule has 0 unspecified atom stereocenters. The molecule has 0 radical (unpaired) electrons. The van der Waals surface area contributed by atoms with Crippen LogP contribution in [-0.2, 0) is 10.0 Å². The fourth-order valence-electron chi connectivity index (χ4n) is 2.04. The van der Waals surface area contributed by atoms with E-state index in [4.69, 9.17) is 0 Å². The van der Waals surface area contributed by atoms with Gasteiger partial charge in [-0.2, -0.15) is 0 Å². The Hall–Kier alpha value is -1.84. The third-order valence-electron chi connectivity index (χ3n) is 3.24. The Morgan fingerprint density at radius 1 is 1.42 bits per heavy atom. The van der Waals surface area contributed by atoms with Crippen molar-refractivity contribution >= 4 is 27.3 Å². The number of rotatable bonds is 8. The molecule has 24 heavy (non-hydrogen) atoms. The summed E-state index contributed by atoms with van der Waals surface area (Å²) < 4.78 is 39.8. The van der Waals surface area contributed by atoms with Gasteiger partial charge in [0.2, 0.25) is 10.0 Å². The average Bonchev–Trinajstić information content (AvgIpc) is 3.12. The van der Waals surface area contributed by atoms with Crippen molar-refractivity contribution < 1.29 is 17.6 Å². The molecule has 130 valence electrons. The number of nitrogens with one attached hydrogen (secondary N) is 2. The first-order chi connectivity index (χ1) is 11.5. The highest BCUT2D eigenvalue weighted by molar-refractivity contribution is 7.89. The predicted octanol–water partition coefficient (Wildman–Crippen LogP) is 2.27. The minimum absolute atomic E-state index is 0.0228. The van der Waals surface area contributed by atoms with Crippen molar-refractivity contribution in [3.63, 3.8) is 0 Å². The summed E-state index contributed by atoms with van der Waals surface area (Å²) in [6.45, 7) is 1.06. The number of hydrogen-bond donors (Lipinski definition) is 2. The van der Waals surface area contributed by atoms with Crippen molar-refractivity contribution in [3.05, 3.63) is 46.4 Å². The molecule has 1 atom stereocenters. The lowest BCUT2D eigenvalue weighted by atomic mass is 10.2. The van der Waals surface area contributed by atoms with Crippen molar-refractivity contribution in [1.29, 1.82) is 0 Å². The number of carbonyl (C=O) groups is 1. The first-order valence-corrected chi connectivity index (χ1v) is 9.70. The van der Waals surface area contributed by atoms with Crippen molar-refractivity contribution in [1.82, 2.24) is 15.0 Å². The first-order valence-electron chi connectivity index (χ1n) is 7.34. The van der Waals surface area contributed by atoms with E-state index >= 15 is 0 Å². The van der Waals surface area contributed by atoms with Gasteiger partial charge in [-0.15, -0.1) is 11.3 Å². The Balaban J connectivity index is 2.21. The quantitative estimate of drug-likeness (QED) is 0.745. The van der Waals surface area contributed by atoms with Gasteiger partial charge >= 0.3 is 0 Å². The summed E-state index contributed by atoms with van der Waals surface area (Å²) in [6.07, 6.45) is 2.16. The number of carbonyl (C=O) groups excluding carboxylic acids is 1. The Labute approximate surface area is 144 Å². The molecule has 0 saturated carbocycles. The molecule has 2 rings (SSSR count). The van der Waals surface area contributed by atoms with E-state index in [1.807, 2.05) is 6.92 Å². The number of amides is 1. The second-order valence-electron chi connectivity index (χ2n) is 4.93. The van der Waals surface area contributed by atoms with Gasteiger partial charge < -0.3 is 5.32 Å². The number of nitrogens with zero attached hydrogens (tertiary/aromatic N) is 1. The van der Waals surface area contributed by atoms with Gasteiger partial charge in [0.05, 0.1) is 10.9 Å². The molecule has 0 fully saturated rings. The van der Waals surface area contributed by atoms with E-state index in [-0.39, 0.29) is 17.0 Å². The molecule has 0 saturated heterocycles. The number of alkyl halides is 1.